The summed E-state index contributed by atoms with van der Waals surface area (Å²) in [7, 11) is 0. The Bertz CT molecular complexity index is 385. The molecule has 1 amide bonds. The van der Waals surface area contributed by atoms with Crippen LogP contribution in [0.4, 0.5) is 0 Å². The van der Waals surface area contributed by atoms with Crippen molar-refractivity contribution < 1.29 is 4.79 Å². The first-order valence-corrected chi connectivity index (χ1v) is 7.70. The van der Waals surface area contributed by atoms with E-state index >= 15 is 0 Å². The van der Waals surface area contributed by atoms with E-state index in [1.165, 1.54) is 5.56 Å². The number of likely N-dealkylation sites (tertiary alicyclic amines) is 1. The van der Waals surface area contributed by atoms with Crippen molar-refractivity contribution >= 4 is 17.5 Å². The summed E-state index contributed by atoms with van der Waals surface area (Å²) in [5, 5.41) is 0. The Morgan fingerprint density at radius 3 is 2.53 bits per heavy atom. The summed E-state index contributed by atoms with van der Waals surface area (Å²) in [6.07, 6.45) is 4.73. The molecule has 2 rings (SSSR count). The van der Waals surface area contributed by atoms with Crippen molar-refractivity contribution in [2.45, 2.75) is 32.1 Å². The van der Waals surface area contributed by atoms with Gasteiger partial charge in [-0.05, 0) is 37.2 Å². The predicted molar refractivity (Wildman–Crippen MR) is 79.4 cm³/mol. The van der Waals surface area contributed by atoms with E-state index in [9.17, 15) is 4.79 Å². The number of aryl methyl sites for hydroxylation is 1. The molecule has 0 N–H and O–H groups in total. The summed E-state index contributed by atoms with van der Waals surface area (Å²) in [6.45, 7) is 1.78. The number of benzene rings is 1. The second-order valence-corrected chi connectivity index (χ2v) is 5.63. The zero-order chi connectivity index (χ0) is 13.5. The SMILES string of the molecule is O=C(CCCc1ccccc1)N1CCC(CCl)CC1. The highest BCUT2D eigenvalue weighted by molar-refractivity contribution is 6.18. The standard InChI is InChI=1S/C16H22ClNO/c17-13-15-9-11-18(12-10-15)16(19)8-4-7-14-5-2-1-3-6-14/h1-3,5-6,15H,4,7-13H2. The van der Waals surface area contributed by atoms with Crippen LogP contribution in [0.1, 0.15) is 31.2 Å². The fourth-order valence-electron chi connectivity index (χ4n) is 2.58. The molecule has 0 spiro atoms. The molecule has 104 valence electrons. The molecule has 2 nitrogen and oxygen atoms in total. The second kappa shape index (κ2) is 7.54. The minimum absolute atomic E-state index is 0.309. The third-order valence-electron chi connectivity index (χ3n) is 3.88. The third-order valence-corrected chi connectivity index (χ3v) is 4.32. The lowest BCUT2D eigenvalue weighted by Gasteiger charge is -2.31. The van der Waals surface area contributed by atoms with Crippen LogP contribution in [0.25, 0.3) is 0 Å². The lowest BCUT2D eigenvalue weighted by atomic mass is 9.98. The van der Waals surface area contributed by atoms with E-state index in [0.29, 0.717) is 18.2 Å². The Kier molecular flexibility index (Phi) is 5.71. The fourth-order valence-corrected chi connectivity index (χ4v) is 2.89. The second-order valence-electron chi connectivity index (χ2n) is 5.32. The van der Waals surface area contributed by atoms with E-state index in [-0.39, 0.29) is 0 Å². The monoisotopic (exact) mass is 279 g/mol. The van der Waals surface area contributed by atoms with Crippen molar-refractivity contribution in [1.82, 2.24) is 4.90 Å². The maximum absolute atomic E-state index is 12.1. The first-order valence-electron chi connectivity index (χ1n) is 7.17. The highest BCUT2D eigenvalue weighted by Gasteiger charge is 2.21. The topological polar surface area (TPSA) is 20.3 Å². The molecule has 3 heteroatoms. The van der Waals surface area contributed by atoms with E-state index < -0.39 is 0 Å². The predicted octanol–water partition coefficient (Wildman–Crippen LogP) is 3.49. The molecular weight excluding hydrogens is 258 g/mol. The van der Waals surface area contributed by atoms with Crippen molar-refractivity contribution in [3.63, 3.8) is 0 Å². The Labute approximate surface area is 120 Å². The smallest absolute Gasteiger partial charge is 0.222 e. The van der Waals surface area contributed by atoms with Gasteiger partial charge in [0, 0.05) is 25.4 Å². The van der Waals surface area contributed by atoms with Crippen LogP contribution in [0, 0.1) is 5.92 Å². The largest absolute Gasteiger partial charge is 0.343 e. The van der Waals surface area contributed by atoms with Crippen molar-refractivity contribution in [3.05, 3.63) is 35.9 Å². The number of carbonyl (C=O) groups excluding carboxylic acids is 1. The Morgan fingerprint density at radius 2 is 1.89 bits per heavy atom. The highest BCUT2D eigenvalue weighted by Crippen LogP contribution is 2.19. The molecule has 1 heterocycles. The molecule has 1 saturated heterocycles. The Hall–Kier alpha value is -1.02. The summed E-state index contributed by atoms with van der Waals surface area (Å²) in [4.78, 5) is 14.1. The molecule has 1 aliphatic rings. The number of nitrogens with zero attached hydrogens (tertiary/aromatic N) is 1. The number of rotatable bonds is 5. The van der Waals surface area contributed by atoms with Gasteiger partial charge in [0.05, 0.1) is 0 Å². The van der Waals surface area contributed by atoms with Crippen LogP contribution < -0.4 is 0 Å². The molecule has 0 aromatic heterocycles. The van der Waals surface area contributed by atoms with Gasteiger partial charge in [0.25, 0.3) is 0 Å². The van der Waals surface area contributed by atoms with Crippen molar-refractivity contribution in [1.29, 1.82) is 0 Å². The Morgan fingerprint density at radius 1 is 1.21 bits per heavy atom. The van der Waals surface area contributed by atoms with Gasteiger partial charge in [0.1, 0.15) is 0 Å². The third kappa shape index (κ3) is 4.54. The van der Waals surface area contributed by atoms with Gasteiger partial charge in [0.2, 0.25) is 5.91 Å². The van der Waals surface area contributed by atoms with Gasteiger partial charge in [-0.25, -0.2) is 0 Å². The minimum atomic E-state index is 0.309. The van der Waals surface area contributed by atoms with E-state index in [1.54, 1.807) is 0 Å². The zero-order valence-corrected chi connectivity index (χ0v) is 12.1. The first-order chi connectivity index (χ1) is 9.29. The number of alkyl halides is 1. The summed E-state index contributed by atoms with van der Waals surface area (Å²) in [5.74, 6) is 1.65. The maximum Gasteiger partial charge on any atom is 0.222 e. The maximum atomic E-state index is 12.1. The van der Waals surface area contributed by atoms with Gasteiger partial charge in [-0.15, -0.1) is 11.6 Å². The van der Waals surface area contributed by atoms with Crippen LogP contribution in [-0.2, 0) is 11.2 Å². The lowest BCUT2D eigenvalue weighted by Crippen LogP contribution is -2.38. The summed E-state index contributed by atoms with van der Waals surface area (Å²) in [5.41, 5.74) is 1.32. The number of piperidine rings is 1. The van der Waals surface area contributed by atoms with E-state index in [4.69, 9.17) is 11.6 Å². The summed E-state index contributed by atoms with van der Waals surface area (Å²) in [6, 6.07) is 10.4. The van der Waals surface area contributed by atoms with Gasteiger partial charge < -0.3 is 4.90 Å². The van der Waals surface area contributed by atoms with Crippen LogP contribution in [-0.4, -0.2) is 29.8 Å². The van der Waals surface area contributed by atoms with Gasteiger partial charge in [-0.2, -0.15) is 0 Å². The van der Waals surface area contributed by atoms with Crippen molar-refractivity contribution in [2.24, 2.45) is 5.92 Å². The van der Waals surface area contributed by atoms with Crippen LogP contribution in [0.3, 0.4) is 0 Å². The molecule has 19 heavy (non-hydrogen) atoms. The molecular formula is C16H22ClNO. The van der Waals surface area contributed by atoms with E-state index in [2.05, 4.69) is 12.1 Å². The molecule has 0 bridgehead atoms. The lowest BCUT2D eigenvalue weighted by molar-refractivity contribution is -0.132. The van der Waals surface area contributed by atoms with Crippen molar-refractivity contribution in [3.8, 4) is 0 Å². The van der Waals surface area contributed by atoms with E-state index in [0.717, 1.165) is 44.7 Å². The van der Waals surface area contributed by atoms with Crippen LogP contribution in [0.5, 0.6) is 0 Å². The number of halogens is 1. The Balaban J connectivity index is 1.67. The summed E-state index contributed by atoms with van der Waals surface area (Å²) < 4.78 is 0. The minimum Gasteiger partial charge on any atom is -0.343 e. The average Bonchev–Trinajstić information content (AvgIpc) is 2.48. The number of amides is 1. The molecule has 0 atom stereocenters. The van der Waals surface area contributed by atoms with Crippen LogP contribution in [0.2, 0.25) is 0 Å². The molecule has 0 saturated carbocycles. The number of carbonyl (C=O) groups is 1. The zero-order valence-electron chi connectivity index (χ0n) is 11.4. The van der Waals surface area contributed by atoms with E-state index in [1.807, 2.05) is 23.1 Å². The summed E-state index contributed by atoms with van der Waals surface area (Å²) >= 11 is 5.86. The van der Waals surface area contributed by atoms with Crippen molar-refractivity contribution in [2.75, 3.05) is 19.0 Å². The molecule has 0 radical (unpaired) electrons. The van der Waals surface area contributed by atoms with Gasteiger partial charge in [0.15, 0.2) is 0 Å². The number of hydrogen-bond donors (Lipinski definition) is 0. The molecule has 1 aromatic carbocycles. The highest BCUT2D eigenvalue weighted by atomic mass is 35.5. The average molecular weight is 280 g/mol. The van der Waals surface area contributed by atoms with Crippen LogP contribution in [0.15, 0.2) is 30.3 Å². The van der Waals surface area contributed by atoms with Gasteiger partial charge in [-0.1, -0.05) is 30.3 Å². The molecule has 1 fully saturated rings. The quantitative estimate of drug-likeness (QED) is 0.756. The number of hydrogen-bond acceptors (Lipinski definition) is 1. The molecule has 0 unspecified atom stereocenters. The molecule has 1 aliphatic heterocycles. The van der Waals surface area contributed by atoms with Crippen LogP contribution >= 0.6 is 11.6 Å². The fraction of sp³-hybridized carbons (Fsp3) is 0.562. The molecule has 0 aliphatic carbocycles. The first kappa shape index (κ1) is 14.4. The van der Waals surface area contributed by atoms with Gasteiger partial charge in [-0.3, -0.25) is 4.79 Å². The normalized spacial score (nSPS) is 16.6. The molecule has 1 aromatic rings. The van der Waals surface area contributed by atoms with Gasteiger partial charge >= 0.3 is 0 Å².